The summed E-state index contributed by atoms with van der Waals surface area (Å²) in [5, 5.41) is 10.7. The second-order valence-corrected chi connectivity index (χ2v) is 9.56. The third kappa shape index (κ3) is 5.09. The highest BCUT2D eigenvalue weighted by Gasteiger charge is 2.21. The number of anilines is 2. The molecule has 0 unspecified atom stereocenters. The summed E-state index contributed by atoms with van der Waals surface area (Å²) in [6, 6.07) is 7.90. The van der Waals surface area contributed by atoms with Crippen molar-refractivity contribution >= 4 is 34.4 Å². The van der Waals surface area contributed by atoms with Gasteiger partial charge in [0.15, 0.2) is 5.69 Å². The standard InChI is InChI=1S/C27H30N8O2/c1-16(2)11-24(36)35-9-7-34(8-10-35)23-14-19(5-6-28-23)22-13-20-12-21(15-29-26(20)31-22)30-27(37)25-17(3)18(4)32-33-25/h5-6,11-15H,7-10H2,1-4H3,(H,29,31)(H,30,37)(H,32,33). The predicted molar refractivity (Wildman–Crippen MR) is 144 cm³/mol. The van der Waals surface area contributed by atoms with Crippen LogP contribution in [0.15, 0.2) is 48.3 Å². The second-order valence-electron chi connectivity index (χ2n) is 9.56. The molecule has 0 aromatic carbocycles. The first-order valence-corrected chi connectivity index (χ1v) is 12.3. The van der Waals surface area contributed by atoms with E-state index in [0.717, 1.165) is 58.0 Å². The molecule has 0 bridgehead atoms. The van der Waals surface area contributed by atoms with Crippen molar-refractivity contribution in [3.63, 3.8) is 0 Å². The van der Waals surface area contributed by atoms with E-state index < -0.39 is 0 Å². The molecule has 4 aromatic rings. The summed E-state index contributed by atoms with van der Waals surface area (Å²) < 4.78 is 0. The largest absolute Gasteiger partial charge is 0.353 e. The fraction of sp³-hybridized carbons (Fsp3) is 0.296. The number of aromatic amines is 2. The van der Waals surface area contributed by atoms with Crippen LogP contribution in [0.2, 0.25) is 0 Å². The van der Waals surface area contributed by atoms with E-state index in [9.17, 15) is 9.59 Å². The minimum atomic E-state index is -0.278. The Balaban J connectivity index is 1.30. The average molecular weight is 499 g/mol. The lowest BCUT2D eigenvalue weighted by atomic mass is 10.1. The maximum atomic E-state index is 12.6. The van der Waals surface area contributed by atoms with Crippen molar-refractivity contribution in [2.24, 2.45) is 0 Å². The Kier molecular flexibility index (Phi) is 6.47. The molecule has 0 saturated carbocycles. The van der Waals surface area contributed by atoms with Crippen LogP contribution in [0, 0.1) is 13.8 Å². The molecule has 0 atom stereocenters. The third-order valence-corrected chi connectivity index (χ3v) is 6.58. The highest BCUT2D eigenvalue weighted by Crippen LogP contribution is 2.27. The maximum absolute atomic E-state index is 12.6. The van der Waals surface area contributed by atoms with E-state index in [4.69, 9.17) is 0 Å². The number of carbonyl (C=O) groups is 2. The molecular formula is C27H30N8O2. The topological polar surface area (TPSA) is 123 Å². The van der Waals surface area contributed by atoms with Crippen LogP contribution in [0.3, 0.4) is 0 Å². The van der Waals surface area contributed by atoms with Crippen molar-refractivity contribution in [1.29, 1.82) is 0 Å². The van der Waals surface area contributed by atoms with E-state index in [2.05, 4.69) is 35.4 Å². The number of allylic oxidation sites excluding steroid dienone is 1. The zero-order chi connectivity index (χ0) is 26.1. The number of hydrogen-bond donors (Lipinski definition) is 3. The Morgan fingerprint density at radius 3 is 2.54 bits per heavy atom. The highest BCUT2D eigenvalue weighted by molar-refractivity contribution is 6.04. The van der Waals surface area contributed by atoms with E-state index in [-0.39, 0.29) is 11.8 Å². The highest BCUT2D eigenvalue weighted by atomic mass is 16.2. The summed E-state index contributed by atoms with van der Waals surface area (Å²) in [5.41, 5.74) is 6.29. The molecule has 1 fully saturated rings. The first kappa shape index (κ1) is 24.2. The van der Waals surface area contributed by atoms with Gasteiger partial charge in [0.2, 0.25) is 5.91 Å². The van der Waals surface area contributed by atoms with Crippen molar-refractivity contribution < 1.29 is 9.59 Å². The molecule has 0 radical (unpaired) electrons. The summed E-state index contributed by atoms with van der Waals surface area (Å²) in [6.45, 7) is 10.4. The van der Waals surface area contributed by atoms with Gasteiger partial charge in [0.05, 0.1) is 11.9 Å². The number of fused-ring (bicyclic) bond motifs is 1. The van der Waals surface area contributed by atoms with Crippen molar-refractivity contribution in [2.75, 3.05) is 36.4 Å². The summed E-state index contributed by atoms with van der Waals surface area (Å²) in [5.74, 6) is 0.660. The summed E-state index contributed by atoms with van der Waals surface area (Å²) in [6.07, 6.45) is 5.11. The number of aromatic nitrogens is 5. The van der Waals surface area contributed by atoms with Crippen molar-refractivity contribution in [2.45, 2.75) is 27.7 Å². The van der Waals surface area contributed by atoms with Gasteiger partial charge in [0.25, 0.3) is 5.91 Å². The molecule has 5 heterocycles. The Morgan fingerprint density at radius 2 is 1.84 bits per heavy atom. The van der Waals surface area contributed by atoms with E-state index >= 15 is 0 Å². The van der Waals surface area contributed by atoms with E-state index in [1.165, 1.54) is 0 Å². The van der Waals surface area contributed by atoms with E-state index in [1.54, 1.807) is 18.5 Å². The Bertz CT molecular complexity index is 1500. The molecule has 0 aliphatic carbocycles. The van der Waals surface area contributed by atoms with E-state index in [0.29, 0.717) is 24.5 Å². The van der Waals surface area contributed by atoms with Gasteiger partial charge in [-0.1, -0.05) is 5.57 Å². The Morgan fingerprint density at radius 1 is 1.05 bits per heavy atom. The van der Waals surface area contributed by atoms with Gasteiger partial charge in [-0.05, 0) is 52.0 Å². The zero-order valence-corrected chi connectivity index (χ0v) is 21.4. The van der Waals surface area contributed by atoms with Gasteiger partial charge < -0.3 is 20.1 Å². The number of aryl methyl sites for hydroxylation is 1. The summed E-state index contributed by atoms with van der Waals surface area (Å²) >= 11 is 0. The number of hydrogen-bond acceptors (Lipinski definition) is 6. The maximum Gasteiger partial charge on any atom is 0.276 e. The Labute approximate surface area is 214 Å². The quantitative estimate of drug-likeness (QED) is 0.360. The minimum Gasteiger partial charge on any atom is -0.353 e. The molecule has 37 heavy (non-hydrogen) atoms. The van der Waals surface area contributed by atoms with Crippen LogP contribution >= 0.6 is 0 Å². The molecule has 1 aliphatic heterocycles. The van der Waals surface area contributed by atoms with Crippen LogP contribution < -0.4 is 10.2 Å². The molecule has 1 saturated heterocycles. The van der Waals surface area contributed by atoms with Crippen LogP contribution in [-0.4, -0.2) is 68.0 Å². The van der Waals surface area contributed by atoms with Gasteiger partial charge in [0, 0.05) is 66.4 Å². The van der Waals surface area contributed by atoms with Crippen LogP contribution in [0.25, 0.3) is 22.3 Å². The van der Waals surface area contributed by atoms with Crippen LogP contribution in [0.5, 0.6) is 0 Å². The van der Waals surface area contributed by atoms with Gasteiger partial charge in [0.1, 0.15) is 11.5 Å². The second kappa shape index (κ2) is 9.88. The predicted octanol–water partition coefficient (Wildman–Crippen LogP) is 3.83. The van der Waals surface area contributed by atoms with Crippen LogP contribution in [0.4, 0.5) is 11.5 Å². The monoisotopic (exact) mass is 498 g/mol. The van der Waals surface area contributed by atoms with Gasteiger partial charge in [-0.3, -0.25) is 14.7 Å². The molecule has 2 amide bonds. The summed E-state index contributed by atoms with van der Waals surface area (Å²) in [7, 11) is 0. The molecule has 0 spiro atoms. The fourth-order valence-corrected chi connectivity index (χ4v) is 4.39. The normalized spacial score (nSPS) is 13.6. The lowest BCUT2D eigenvalue weighted by Crippen LogP contribution is -2.48. The van der Waals surface area contributed by atoms with Gasteiger partial charge >= 0.3 is 0 Å². The number of amides is 2. The fourth-order valence-electron chi connectivity index (χ4n) is 4.39. The third-order valence-electron chi connectivity index (χ3n) is 6.58. The van der Waals surface area contributed by atoms with E-state index in [1.807, 2.05) is 56.9 Å². The number of piperazine rings is 1. The molecule has 10 nitrogen and oxygen atoms in total. The first-order valence-electron chi connectivity index (χ1n) is 12.3. The van der Waals surface area contributed by atoms with Gasteiger partial charge in [-0.2, -0.15) is 5.10 Å². The zero-order valence-electron chi connectivity index (χ0n) is 21.4. The number of pyridine rings is 2. The van der Waals surface area contributed by atoms with Gasteiger partial charge in [-0.15, -0.1) is 0 Å². The number of H-pyrrole nitrogens is 2. The lowest BCUT2D eigenvalue weighted by molar-refractivity contribution is -0.126. The molecule has 4 aromatic heterocycles. The minimum absolute atomic E-state index is 0.0668. The molecule has 10 heteroatoms. The molecule has 5 rings (SSSR count). The van der Waals surface area contributed by atoms with Crippen molar-refractivity contribution in [3.8, 4) is 11.3 Å². The molecular weight excluding hydrogens is 468 g/mol. The summed E-state index contributed by atoms with van der Waals surface area (Å²) in [4.78, 5) is 41.5. The van der Waals surface area contributed by atoms with Crippen molar-refractivity contribution in [3.05, 3.63) is 65.3 Å². The molecule has 190 valence electrons. The van der Waals surface area contributed by atoms with Crippen LogP contribution in [0.1, 0.15) is 35.6 Å². The Hall–Kier alpha value is -4.47. The van der Waals surface area contributed by atoms with Crippen LogP contribution in [-0.2, 0) is 4.79 Å². The molecule has 3 N–H and O–H groups in total. The number of nitrogens with one attached hydrogen (secondary N) is 3. The SMILES string of the molecule is CC(C)=CC(=O)N1CCN(c2cc(-c3cc4cc(NC(=O)c5n[nH]c(C)c5C)cnc4[nH]3)ccn2)CC1. The number of rotatable bonds is 5. The average Bonchev–Trinajstić information content (AvgIpc) is 3.46. The van der Waals surface area contributed by atoms with Crippen molar-refractivity contribution in [1.82, 2.24) is 30.0 Å². The van der Waals surface area contributed by atoms with Gasteiger partial charge in [-0.25, -0.2) is 9.97 Å². The number of carbonyl (C=O) groups excluding carboxylic acids is 2. The smallest absolute Gasteiger partial charge is 0.276 e. The first-order chi connectivity index (χ1) is 17.8. The number of nitrogens with zero attached hydrogens (tertiary/aromatic N) is 5. The molecule has 1 aliphatic rings. The lowest BCUT2D eigenvalue weighted by Gasteiger charge is -2.35.